The van der Waals surface area contributed by atoms with Crippen molar-refractivity contribution >= 4 is 24.0 Å². The van der Waals surface area contributed by atoms with Gasteiger partial charge in [-0.15, -0.1) is 12.4 Å². The zero-order valence-electron chi connectivity index (χ0n) is 12.1. The summed E-state index contributed by atoms with van der Waals surface area (Å²) < 4.78 is 5.33. The lowest BCUT2D eigenvalue weighted by atomic mass is 9.79. The molecule has 0 bridgehead atoms. The van der Waals surface area contributed by atoms with E-state index in [0.717, 1.165) is 5.69 Å². The summed E-state index contributed by atoms with van der Waals surface area (Å²) in [4.78, 5) is 12.5. The number of anilines is 1. The number of ether oxygens (including phenoxy) is 1. The van der Waals surface area contributed by atoms with Gasteiger partial charge in [0.05, 0.1) is 5.41 Å². The molecule has 1 saturated heterocycles. The Bertz CT molecular complexity index is 471. The summed E-state index contributed by atoms with van der Waals surface area (Å²) >= 11 is 0. The van der Waals surface area contributed by atoms with Crippen molar-refractivity contribution < 1.29 is 9.53 Å². The van der Waals surface area contributed by atoms with E-state index < -0.39 is 5.41 Å². The maximum Gasteiger partial charge on any atom is 0.232 e. The molecule has 2 rings (SSSR count). The van der Waals surface area contributed by atoms with Crippen LogP contribution in [0.1, 0.15) is 24.0 Å². The molecule has 1 amide bonds. The van der Waals surface area contributed by atoms with Crippen LogP contribution in [0.2, 0.25) is 0 Å². The third kappa shape index (κ3) is 3.51. The Kier molecular flexibility index (Phi) is 5.99. The molecule has 1 aromatic carbocycles. The Morgan fingerprint density at radius 1 is 1.30 bits per heavy atom. The van der Waals surface area contributed by atoms with Crippen LogP contribution in [0.3, 0.4) is 0 Å². The van der Waals surface area contributed by atoms with E-state index in [1.165, 1.54) is 11.1 Å². The average molecular weight is 299 g/mol. The standard InChI is InChI=1S/C15H22N2O2.ClH/c1-11-3-4-13(9-12(11)2)17-14(18)15(10-16)5-7-19-8-6-15;/h3-4,9H,5-8,10,16H2,1-2H3,(H,17,18);1H. The minimum Gasteiger partial charge on any atom is -0.381 e. The van der Waals surface area contributed by atoms with Crippen molar-refractivity contribution in [2.24, 2.45) is 11.1 Å². The highest BCUT2D eigenvalue weighted by Crippen LogP contribution is 2.31. The van der Waals surface area contributed by atoms with Gasteiger partial charge in [-0.1, -0.05) is 6.07 Å². The lowest BCUT2D eigenvalue weighted by molar-refractivity contribution is -0.130. The van der Waals surface area contributed by atoms with Gasteiger partial charge in [-0.3, -0.25) is 4.79 Å². The molecule has 0 aromatic heterocycles. The molecule has 4 nitrogen and oxygen atoms in total. The van der Waals surface area contributed by atoms with Crippen molar-refractivity contribution in [2.75, 3.05) is 25.1 Å². The van der Waals surface area contributed by atoms with Gasteiger partial charge in [-0.2, -0.15) is 0 Å². The van der Waals surface area contributed by atoms with Crippen molar-refractivity contribution in [3.05, 3.63) is 29.3 Å². The Balaban J connectivity index is 0.00000200. The van der Waals surface area contributed by atoms with E-state index in [1.54, 1.807) is 0 Å². The Labute approximate surface area is 126 Å². The van der Waals surface area contributed by atoms with E-state index in [0.29, 0.717) is 32.6 Å². The summed E-state index contributed by atoms with van der Waals surface area (Å²) in [6.45, 7) is 5.68. The SMILES string of the molecule is Cc1ccc(NC(=O)C2(CN)CCOCC2)cc1C.Cl. The summed E-state index contributed by atoms with van der Waals surface area (Å²) in [5, 5.41) is 3.00. The lowest BCUT2D eigenvalue weighted by Crippen LogP contribution is -2.46. The molecule has 1 fully saturated rings. The first-order valence-electron chi connectivity index (χ1n) is 6.74. The van der Waals surface area contributed by atoms with Crippen LogP contribution in [0.25, 0.3) is 0 Å². The van der Waals surface area contributed by atoms with Gasteiger partial charge in [0, 0.05) is 25.4 Å². The fraction of sp³-hybridized carbons (Fsp3) is 0.533. The molecular formula is C15H23ClN2O2. The number of carbonyl (C=O) groups is 1. The predicted molar refractivity (Wildman–Crippen MR) is 83.3 cm³/mol. The van der Waals surface area contributed by atoms with E-state index in [2.05, 4.69) is 12.2 Å². The molecule has 1 aliphatic heterocycles. The number of hydrogen-bond donors (Lipinski definition) is 2. The molecule has 0 saturated carbocycles. The van der Waals surface area contributed by atoms with Gasteiger partial charge in [0.2, 0.25) is 5.91 Å². The van der Waals surface area contributed by atoms with Crippen LogP contribution < -0.4 is 11.1 Å². The van der Waals surface area contributed by atoms with Gasteiger partial charge >= 0.3 is 0 Å². The van der Waals surface area contributed by atoms with Crippen molar-refractivity contribution in [1.82, 2.24) is 0 Å². The quantitative estimate of drug-likeness (QED) is 0.901. The highest BCUT2D eigenvalue weighted by atomic mass is 35.5. The van der Waals surface area contributed by atoms with E-state index in [1.807, 2.05) is 25.1 Å². The number of carbonyl (C=O) groups excluding carboxylic acids is 1. The number of amides is 1. The number of benzene rings is 1. The molecule has 1 aliphatic rings. The molecule has 0 unspecified atom stereocenters. The van der Waals surface area contributed by atoms with E-state index >= 15 is 0 Å². The van der Waals surface area contributed by atoms with Gasteiger partial charge in [0.25, 0.3) is 0 Å². The van der Waals surface area contributed by atoms with Crippen molar-refractivity contribution in [1.29, 1.82) is 0 Å². The number of aryl methyl sites for hydroxylation is 2. The number of rotatable bonds is 3. The molecule has 20 heavy (non-hydrogen) atoms. The van der Waals surface area contributed by atoms with E-state index in [4.69, 9.17) is 10.5 Å². The molecule has 112 valence electrons. The maximum absolute atomic E-state index is 12.5. The molecule has 3 N–H and O–H groups in total. The van der Waals surface area contributed by atoms with Gasteiger partial charge in [-0.25, -0.2) is 0 Å². The number of nitrogens with two attached hydrogens (primary N) is 1. The van der Waals surface area contributed by atoms with Gasteiger partial charge < -0.3 is 15.8 Å². The lowest BCUT2D eigenvalue weighted by Gasteiger charge is -2.34. The molecular weight excluding hydrogens is 276 g/mol. The van der Waals surface area contributed by atoms with E-state index in [9.17, 15) is 4.79 Å². The van der Waals surface area contributed by atoms with Crippen molar-refractivity contribution in [3.8, 4) is 0 Å². The monoisotopic (exact) mass is 298 g/mol. The third-order valence-electron chi connectivity index (χ3n) is 4.09. The van der Waals surface area contributed by atoms with Crippen LogP contribution >= 0.6 is 12.4 Å². The molecule has 1 heterocycles. The largest absolute Gasteiger partial charge is 0.381 e. The van der Waals surface area contributed by atoms with Crippen LogP contribution in [-0.4, -0.2) is 25.7 Å². The van der Waals surface area contributed by atoms with Crippen molar-refractivity contribution in [2.45, 2.75) is 26.7 Å². The number of halogens is 1. The molecule has 0 radical (unpaired) electrons. The molecule has 1 aromatic rings. The number of nitrogens with one attached hydrogen (secondary N) is 1. The van der Waals surface area contributed by atoms with Crippen LogP contribution in [0.15, 0.2) is 18.2 Å². The Hall–Kier alpha value is -1.10. The van der Waals surface area contributed by atoms with Crippen LogP contribution in [0, 0.1) is 19.3 Å². The summed E-state index contributed by atoms with van der Waals surface area (Å²) in [6.07, 6.45) is 1.39. The van der Waals surface area contributed by atoms with Gasteiger partial charge in [0.15, 0.2) is 0 Å². The fourth-order valence-electron chi connectivity index (χ4n) is 2.37. The zero-order chi connectivity index (χ0) is 13.9. The molecule has 0 spiro atoms. The second kappa shape index (κ2) is 7.07. The zero-order valence-corrected chi connectivity index (χ0v) is 12.9. The van der Waals surface area contributed by atoms with E-state index in [-0.39, 0.29) is 18.3 Å². The first-order valence-corrected chi connectivity index (χ1v) is 6.74. The first kappa shape index (κ1) is 17.0. The van der Waals surface area contributed by atoms with Crippen LogP contribution in [0.4, 0.5) is 5.69 Å². The van der Waals surface area contributed by atoms with Gasteiger partial charge in [-0.05, 0) is 49.9 Å². The number of hydrogen-bond acceptors (Lipinski definition) is 3. The Morgan fingerprint density at radius 3 is 2.50 bits per heavy atom. The maximum atomic E-state index is 12.5. The van der Waals surface area contributed by atoms with Crippen molar-refractivity contribution in [3.63, 3.8) is 0 Å². The average Bonchev–Trinajstić information content (AvgIpc) is 2.43. The second-order valence-corrected chi connectivity index (χ2v) is 5.35. The topological polar surface area (TPSA) is 64.4 Å². The van der Waals surface area contributed by atoms with Crippen LogP contribution in [-0.2, 0) is 9.53 Å². The molecule has 0 atom stereocenters. The minimum atomic E-state index is -0.475. The molecule has 5 heteroatoms. The highest BCUT2D eigenvalue weighted by molar-refractivity contribution is 5.95. The third-order valence-corrected chi connectivity index (χ3v) is 4.09. The fourth-order valence-corrected chi connectivity index (χ4v) is 2.37. The Morgan fingerprint density at radius 2 is 1.95 bits per heavy atom. The predicted octanol–water partition coefficient (Wildman–Crippen LogP) is 2.42. The normalized spacial score (nSPS) is 17.1. The summed E-state index contributed by atoms with van der Waals surface area (Å²) in [6, 6.07) is 5.95. The summed E-state index contributed by atoms with van der Waals surface area (Å²) in [5.74, 6) is 0.0153. The minimum absolute atomic E-state index is 0. The van der Waals surface area contributed by atoms with Gasteiger partial charge in [0.1, 0.15) is 0 Å². The molecule has 0 aliphatic carbocycles. The first-order chi connectivity index (χ1) is 9.07. The summed E-state index contributed by atoms with van der Waals surface area (Å²) in [7, 11) is 0. The summed E-state index contributed by atoms with van der Waals surface area (Å²) in [5.41, 5.74) is 8.59. The highest BCUT2D eigenvalue weighted by Gasteiger charge is 2.38. The smallest absolute Gasteiger partial charge is 0.232 e. The van der Waals surface area contributed by atoms with Crippen LogP contribution in [0.5, 0.6) is 0 Å². The second-order valence-electron chi connectivity index (χ2n) is 5.35.